The van der Waals surface area contributed by atoms with Gasteiger partial charge in [0, 0.05) is 12.4 Å². The van der Waals surface area contributed by atoms with Gasteiger partial charge in [-0.15, -0.1) is 0 Å². The lowest BCUT2D eigenvalue weighted by Crippen LogP contribution is -2.12. The molecule has 0 aliphatic carbocycles. The van der Waals surface area contributed by atoms with Crippen LogP contribution in [-0.4, -0.2) is 14.8 Å². The molecule has 4 N–H and O–H groups in total. The Labute approximate surface area is 81.4 Å². The Balaban J connectivity index is 2.93. The Morgan fingerprint density at radius 2 is 2.29 bits per heavy atom. The summed E-state index contributed by atoms with van der Waals surface area (Å²) in [6.45, 7) is 3.29. The highest BCUT2D eigenvalue weighted by Crippen LogP contribution is 2.48. The van der Waals surface area contributed by atoms with Crippen molar-refractivity contribution in [2.45, 2.75) is 6.04 Å². The number of pyridine rings is 1. The van der Waals surface area contributed by atoms with Crippen molar-refractivity contribution in [2.75, 3.05) is 0 Å². The van der Waals surface area contributed by atoms with Crippen LogP contribution in [0.15, 0.2) is 36.4 Å². The molecule has 6 heteroatoms. The lowest BCUT2D eigenvalue weighted by molar-refractivity contribution is 0.379. The summed E-state index contributed by atoms with van der Waals surface area (Å²) < 4.78 is 10.8. The zero-order valence-corrected chi connectivity index (χ0v) is 8.26. The minimum absolute atomic E-state index is 0.300. The van der Waals surface area contributed by atoms with E-state index in [2.05, 4.69) is 11.6 Å². The molecular weight excluding hydrogens is 203 g/mol. The second-order valence-electron chi connectivity index (χ2n) is 2.80. The highest BCUT2D eigenvalue weighted by Gasteiger charge is 2.25. The summed E-state index contributed by atoms with van der Waals surface area (Å²) >= 11 is 0. The number of hydrogen-bond donors (Lipinski definition) is 3. The van der Waals surface area contributed by atoms with Gasteiger partial charge in [-0.3, -0.25) is 9.55 Å². The van der Waals surface area contributed by atoms with Gasteiger partial charge in [0.05, 0.1) is 11.4 Å². The van der Waals surface area contributed by atoms with Crippen LogP contribution >= 0.6 is 7.60 Å². The molecule has 1 unspecified atom stereocenters. The van der Waals surface area contributed by atoms with E-state index in [4.69, 9.17) is 15.5 Å². The van der Waals surface area contributed by atoms with Crippen LogP contribution in [0.25, 0.3) is 0 Å². The first-order valence-electron chi connectivity index (χ1n) is 3.83. The summed E-state index contributed by atoms with van der Waals surface area (Å²) in [5, 5.41) is -0.300. The third-order valence-electron chi connectivity index (χ3n) is 1.78. The van der Waals surface area contributed by atoms with Crippen LogP contribution in [-0.2, 0) is 4.57 Å². The quantitative estimate of drug-likeness (QED) is 0.646. The standard InChI is InChI=1S/C8H11N2O3P/c1-6(14(11,12)13)8(9)7-3-2-4-10-5-7/h2-5,8H,1,9H2,(H2,11,12,13). The summed E-state index contributed by atoms with van der Waals surface area (Å²) in [5.74, 6) is 0. The molecule has 0 saturated heterocycles. The van der Waals surface area contributed by atoms with Crippen molar-refractivity contribution in [3.05, 3.63) is 42.0 Å². The average molecular weight is 214 g/mol. The molecule has 1 aromatic rings. The SMILES string of the molecule is C=C(C(N)c1cccnc1)P(=O)(O)O. The van der Waals surface area contributed by atoms with Gasteiger partial charge < -0.3 is 15.5 Å². The Kier molecular flexibility index (Phi) is 3.18. The van der Waals surface area contributed by atoms with Crippen molar-refractivity contribution in [2.24, 2.45) is 5.73 Å². The molecule has 0 saturated carbocycles. The van der Waals surface area contributed by atoms with E-state index in [1.165, 1.54) is 6.20 Å². The maximum absolute atomic E-state index is 10.8. The van der Waals surface area contributed by atoms with Crippen LogP contribution in [0.1, 0.15) is 11.6 Å². The number of hydrogen-bond acceptors (Lipinski definition) is 3. The van der Waals surface area contributed by atoms with Crippen LogP contribution in [0.2, 0.25) is 0 Å². The van der Waals surface area contributed by atoms with Crippen molar-refractivity contribution in [1.29, 1.82) is 0 Å². The molecule has 1 heterocycles. The maximum Gasteiger partial charge on any atom is 0.353 e. The second kappa shape index (κ2) is 4.02. The molecule has 0 fully saturated rings. The van der Waals surface area contributed by atoms with Crippen molar-refractivity contribution in [1.82, 2.24) is 4.98 Å². The molecule has 5 nitrogen and oxygen atoms in total. The molecular formula is C8H11N2O3P. The van der Waals surface area contributed by atoms with Gasteiger partial charge in [0.25, 0.3) is 0 Å². The van der Waals surface area contributed by atoms with Crippen LogP contribution in [0.4, 0.5) is 0 Å². The maximum atomic E-state index is 10.8. The third-order valence-corrected chi connectivity index (χ3v) is 2.80. The summed E-state index contributed by atoms with van der Waals surface area (Å²) in [7, 11) is -4.33. The van der Waals surface area contributed by atoms with Gasteiger partial charge in [0.1, 0.15) is 0 Å². The van der Waals surface area contributed by atoms with E-state index in [9.17, 15) is 4.57 Å². The van der Waals surface area contributed by atoms with Gasteiger partial charge in [-0.25, -0.2) is 0 Å². The largest absolute Gasteiger partial charge is 0.353 e. The van der Waals surface area contributed by atoms with Crippen molar-refractivity contribution >= 4 is 7.60 Å². The molecule has 0 amide bonds. The van der Waals surface area contributed by atoms with Gasteiger partial charge >= 0.3 is 7.60 Å². The van der Waals surface area contributed by atoms with Crippen LogP contribution in [0.3, 0.4) is 0 Å². The van der Waals surface area contributed by atoms with Gasteiger partial charge in [0.2, 0.25) is 0 Å². The fourth-order valence-electron chi connectivity index (χ4n) is 0.934. The fraction of sp³-hybridized carbons (Fsp3) is 0.125. The zero-order valence-electron chi connectivity index (χ0n) is 7.37. The van der Waals surface area contributed by atoms with Gasteiger partial charge in [-0.05, 0) is 11.6 Å². The van der Waals surface area contributed by atoms with E-state index in [1.54, 1.807) is 18.3 Å². The highest BCUT2D eigenvalue weighted by atomic mass is 31.2. The highest BCUT2D eigenvalue weighted by molar-refractivity contribution is 7.56. The summed E-state index contributed by atoms with van der Waals surface area (Å²) in [5.41, 5.74) is 6.12. The second-order valence-corrected chi connectivity index (χ2v) is 4.46. The Morgan fingerprint density at radius 1 is 1.64 bits per heavy atom. The predicted octanol–water partition coefficient (Wildman–Crippen LogP) is 0.773. The Hall–Kier alpha value is -1.00. The monoisotopic (exact) mass is 214 g/mol. The normalized spacial score (nSPS) is 13.6. The molecule has 0 radical (unpaired) electrons. The van der Waals surface area contributed by atoms with Gasteiger partial charge in [-0.2, -0.15) is 0 Å². The average Bonchev–Trinajstić information content (AvgIpc) is 2.15. The van der Waals surface area contributed by atoms with Gasteiger partial charge in [0.15, 0.2) is 0 Å². The first-order valence-corrected chi connectivity index (χ1v) is 5.44. The molecule has 0 aromatic carbocycles. The Morgan fingerprint density at radius 3 is 2.71 bits per heavy atom. The molecule has 14 heavy (non-hydrogen) atoms. The predicted molar refractivity (Wildman–Crippen MR) is 52.3 cm³/mol. The lowest BCUT2D eigenvalue weighted by Gasteiger charge is -2.15. The smallest absolute Gasteiger partial charge is 0.321 e. The number of nitrogens with zero attached hydrogens (tertiary/aromatic N) is 1. The fourth-order valence-corrected chi connectivity index (χ4v) is 1.44. The minimum Gasteiger partial charge on any atom is -0.321 e. The molecule has 0 aliphatic rings. The van der Waals surface area contributed by atoms with Crippen molar-refractivity contribution < 1.29 is 14.4 Å². The minimum atomic E-state index is -4.33. The van der Waals surface area contributed by atoms with E-state index in [-0.39, 0.29) is 5.31 Å². The van der Waals surface area contributed by atoms with Crippen LogP contribution in [0.5, 0.6) is 0 Å². The van der Waals surface area contributed by atoms with Crippen molar-refractivity contribution in [3.8, 4) is 0 Å². The van der Waals surface area contributed by atoms with E-state index >= 15 is 0 Å². The molecule has 0 bridgehead atoms. The summed E-state index contributed by atoms with van der Waals surface area (Å²) in [6, 6.07) is 2.39. The molecule has 1 aromatic heterocycles. The van der Waals surface area contributed by atoms with Crippen LogP contribution in [0, 0.1) is 0 Å². The summed E-state index contributed by atoms with van der Waals surface area (Å²) in [4.78, 5) is 21.5. The summed E-state index contributed by atoms with van der Waals surface area (Å²) in [6.07, 6.45) is 3.00. The first kappa shape index (κ1) is 11.1. The number of aromatic nitrogens is 1. The molecule has 0 aliphatic heterocycles. The van der Waals surface area contributed by atoms with Crippen LogP contribution < -0.4 is 5.73 Å². The molecule has 0 spiro atoms. The lowest BCUT2D eigenvalue weighted by atomic mass is 10.1. The van der Waals surface area contributed by atoms with Gasteiger partial charge in [-0.1, -0.05) is 12.6 Å². The number of nitrogens with two attached hydrogens (primary N) is 1. The topological polar surface area (TPSA) is 96.4 Å². The van der Waals surface area contributed by atoms with E-state index in [1.807, 2.05) is 0 Å². The van der Waals surface area contributed by atoms with E-state index in [0.717, 1.165) is 0 Å². The van der Waals surface area contributed by atoms with E-state index < -0.39 is 13.6 Å². The molecule has 1 atom stereocenters. The molecule has 1 rings (SSSR count). The van der Waals surface area contributed by atoms with E-state index in [0.29, 0.717) is 5.56 Å². The molecule has 76 valence electrons. The van der Waals surface area contributed by atoms with Crippen molar-refractivity contribution in [3.63, 3.8) is 0 Å². The zero-order chi connectivity index (χ0) is 10.8. The Bertz CT molecular complexity index is 373. The first-order chi connectivity index (χ1) is 6.43. The third kappa shape index (κ3) is 2.49. The number of rotatable bonds is 3.